The van der Waals surface area contributed by atoms with Crippen LogP contribution < -0.4 is 10.0 Å². The number of nitro groups is 1. The van der Waals surface area contributed by atoms with Crippen molar-refractivity contribution in [1.29, 1.82) is 0 Å². The van der Waals surface area contributed by atoms with E-state index in [1.165, 1.54) is 42.5 Å². The monoisotopic (exact) mass is 369 g/mol. The molecule has 0 aliphatic carbocycles. The van der Waals surface area contributed by atoms with Gasteiger partial charge < -0.3 is 5.32 Å². The van der Waals surface area contributed by atoms with Crippen LogP contribution in [0.25, 0.3) is 0 Å². The van der Waals surface area contributed by atoms with Crippen molar-refractivity contribution in [3.63, 3.8) is 0 Å². The number of carbonyl (C=O) groups is 1. The third kappa shape index (κ3) is 4.51. The molecule has 0 bridgehead atoms. The summed E-state index contributed by atoms with van der Waals surface area (Å²) >= 11 is 5.82. The number of rotatable bonds is 6. The molecule has 2 N–H and O–H groups in total. The number of halogens is 1. The van der Waals surface area contributed by atoms with Crippen LogP contribution in [0.5, 0.6) is 0 Å². The first-order chi connectivity index (χ1) is 11.3. The molecule has 8 nitrogen and oxygen atoms in total. The minimum Gasteiger partial charge on any atom is -0.325 e. The summed E-state index contributed by atoms with van der Waals surface area (Å²) in [7, 11) is -3.93. The van der Waals surface area contributed by atoms with Crippen molar-refractivity contribution >= 4 is 38.9 Å². The zero-order chi connectivity index (χ0) is 17.7. The molecule has 1 amide bonds. The number of hydrogen-bond acceptors (Lipinski definition) is 5. The third-order valence-electron chi connectivity index (χ3n) is 2.91. The summed E-state index contributed by atoms with van der Waals surface area (Å²) < 4.78 is 26.3. The molecule has 0 atom stereocenters. The predicted octanol–water partition coefficient (Wildman–Crippen LogP) is 2.17. The SMILES string of the molecule is O=C(CNS(=O)(=O)c1ccccc1Cl)Nc1ccc([N+](=O)[O-])cc1. The van der Waals surface area contributed by atoms with Gasteiger partial charge in [0.2, 0.25) is 15.9 Å². The molecule has 0 spiro atoms. The molecule has 24 heavy (non-hydrogen) atoms. The van der Waals surface area contributed by atoms with Gasteiger partial charge in [0.15, 0.2) is 0 Å². The minimum atomic E-state index is -3.93. The largest absolute Gasteiger partial charge is 0.325 e. The first-order valence-corrected chi connectivity index (χ1v) is 8.44. The van der Waals surface area contributed by atoms with E-state index in [4.69, 9.17) is 11.6 Å². The molecule has 126 valence electrons. The lowest BCUT2D eigenvalue weighted by atomic mass is 10.3. The van der Waals surface area contributed by atoms with E-state index in [1.807, 2.05) is 0 Å². The van der Waals surface area contributed by atoms with Gasteiger partial charge in [0, 0.05) is 17.8 Å². The maximum absolute atomic E-state index is 12.1. The maximum Gasteiger partial charge on any atom is 0.269 e. The Labute approximate surface area is 142 Å². The van der Waals surface area contributed by atoms with Gasteiger partial charge in [-0.15, -0.1) is 0 Å². The highest BCUT2D eigenvalue weighted by Crippen LogP contribution is 2.20. The maximum atomic E-state index is 12.1. The zero-order valence-electron chi connectivity index (χ0n) is 12.1. The number of benzene rings is 2. The Morgan fingerprint density at radius 3 is 2.33 bits per heavy atom. The van der Waals surface area contributed by atoms with E-state index in [1.54, 1.807) is 6.07 Å². The van der Waals surface area contributed by atoms with Crippen LogP contribution in [0.1, 0.15) is 0 Å². The second kappa shape index (κ2) is 7.39. The number of nitrogens with one attached hydrogen (secondary N) is 2. The van der Waals surface area contributed by atoms with Crippen LogP contribution in [0.2, 0.25) is 5.02 Å². The van der Waals surface area contributed by atoms with Gasteiger partial charge in [-0.25, -0.2) is 13.1 Å². The molecule has 0 saturated heterocycles. The Hall–Kier alpha value is -2.49. The Morgan fingerprint density at radius 1 is 1.12 bits per heavy atom. The molecule has 2 aromatic rings. The van der Waals surface area contributed by atoms with Gasteiger partial charge >= 0.3 is 0 Å². The van der Waals surface area contributed by atoms with Crippen LogP contribution in [-0.4, -0.2) is 25.8 Å². The molecule has 0 aliphatic rings. The molecule has 0 heterocycles. The van der Waals surface area contributed by atoms with Crippen molar-refractivity contribution in [2.24, 2.45) is 0 Å². The van der Waals surface area contributed by atoms with Crippen molar-refractivity contribution in [2.45, 2.75) is 4.90 Å². The van der Waals surface area contributed by atoms with Crippen molar-refractivity contribution in [2.75, 3.05) is 11.9 Å². The first-order valence-electron chi connectivity index (χ1n) is 6.58. The molecule has 0 fully saturated rings. The lowest BCUT2D eigenvalue weighted by Crippen LogP contribution is -2.33. The fourth-order valence-electron chi connectivity index (χ4n) is 1.77. The Balaban J connectivity index is 1.98. The predicted molar refractivity (Wildman–Crippen MR) is 88.4 cm³/mol. The molecule has 0 saturated carbocycles. The highest BCUT2D eigenvalue weighted by molar-refractivity contribution is 7.89. The molecule has 2 rings (SSSR count). The zero-order valence-corrected chi connectivity index (χ0v) is 13.7. The van der Waals surface area contributed by atoms with Gasteiger partial charge in [0.25, 0.3) is 5.69 Å². The van der Waals surface area contributed by atoms with E-state index >= 15 is 0 Å². The number of hydrogen-bond donors (Lipinski definition) is 2. The van der Waals surface area contributed by atoms with Gasteiger partial charge in [0.1, 0.15) is 4.90 Å². The molecule has 0 aliphatic heterocycles. The van der Waals surface area contributed by atoms with Crippen molar-refractivity contribution in [3.8, 4) is 0 Å². The summed E-state index contributed by atoms with van der Waals surface area (Å²) in [4.78, 5) is 21.6. The smallest absolute Gasteiger partial charge is 0.269 e. The molecule has 2 aromatic carbocycles. The van der Waals surface area contributed by atoms with Crippen LogP contribution in [0.4, 0.5) is 11.4 Å². The quantitative estimate of drug-likeness (QED) is 0.597. The molecule has 0 unspecified atom stereocenters. The highest BCUT2D eigenvalue weighted by atomic mass is 35.5. The average Bonchev–Trinajstić information content (AvgIpc) is 2.54. The molecular formula is C14H12ClN3O5S. The van der Waals surface area contributed by atoms with Crippen LogP contribution in [0, 0.1) is 10.1 Å². The van der Waals surface area contributed by atoms with Gasteiger partial charge in [-0.3, -0.25) is 14.9 Å². The summed E-state index contributed by atoms with van der Waals surface area (Å²) in [5.41, 5.74) is 0.190. The normalized spacial score (nSPS) is 11.0. The van der Waals surface area contributed by atoms with E-state index in [-0.39, 0.29) is 15.6 Å². The highest BCUT2D eigenvalue weighted by Gasteiger charge is 2.18. The molecular weight excluding hydrogens is 358 g/mol. The number of nitrogens with zero attached hydrogens (tertiary/aromatic N) is 1. The number of sulfonamides is 1. The average molecular weight is 370 g/mol. The topological polar surface area (TPSA) is 118 Å². The van der Waals surface area contributed by atoms with Gasteiger partial charge in [-0.1, -0.05) is 23.7 Å². The number of anilines is 1. The van der Waals surface area contributed by atoms with Crippen LogP contribution >= 0.6 is 11.6 Å². The first kappa shape index (κ1) is 17.9. The second-order valence-corrected chi connectivity index (χ2v) is 6.75. The molecule has 10 heteroatoms. The summed E-state index contributed by atoms with van der Waals surface area (Å²) in [6.07, 6.45) is 0. The van der Waals surface area contributed by atoms with Gasteiger partial charge in [-0.05, 0) is 24.3 Å². The minimum absolute atomic E-state index is 0.0424. The van der Waals surface area contributed by atoms with Crippen LogP contribution in [-0.2, 0) is 14.8 Å². The number of non-ortho nitro benzene ring substituents is 1. The standard InChI is InChI=1S/C14H12ClN3O5S/c15-12-3-1-2-4-13(12)24(22,23)16-9-14(19)17-10-5-7-11(8-6-10)18(20)21/h1-8,16H,9H2,(H,17,19). The van der Waals surface area contributed by atoms with E-state index in [2.05, 4.69) is 10.0 Å². The third-order valence-corrected chi connectivity index (χ3v) is 4.81. The Morgan fingerprint density at radius 2 is 1.75 bits per heavy atom. The lowest BCUT2D eigenvalue weighted by Gasteiger charge is -2.09. The van der Waals surface area contributed by atoms with Crippen LogP contribution in [0.3, 0.4) is 0 Å². The van der Waals surface area contributed by atoms with E-state index in [0.29, 0.717) is 5.69 Å². The Bertz CT molecular complexity index is 868. The number of amides is 1. The summed E-state index contributed by atoms with van der Waals surface area (Å²) in [5, 5.41) is 13.0. The summed E-state index contributed by atoms with van der Waals surface area (Å²) in [6.45, 7) is -0.509. The number of carbonyl (C=O) groups excluding carboxylic acids is 1. The fraction of sp³-hybridized carbons (Fsp3) is 0.0714. The van der Waals surface area contributed by atoms with Crippen molar-refractivity contribution in [3.05, 3.63) is 63.7 Å². The lowest BCUT2D eigenvalue weighted by molar-refractivity contribution is -0.384. The van der Waals surface area contributed by atoms with Gasteiger partial charge in [0.05, 0.1) is 16.5 Å². The fourth-order valence-corrected chi connectivity index (χ4v) is 3.27. The second-order valence-electron chi connectivity index (χ2n) is 4.61. The van der Waals surface area contributed by atoms with Gasteiger partial charge in [-0.2, -0.15) is 0 Å². The number of nitro benzene ring substituents is 1. The summed E-state index contributed by atoms with van der Waals surface area (Å²) in [5.74, 6) is -0.625. The Kier molecular flexibility index (Phi) is 5.50. The van der Waals surface area contributed by atoms with Crippen molar-refractivity contribution < 1.29 is 18.1 Å². The molecule has 0 aromatic heterocycles. The van der Waals surface area contributed by atoms with Crippen LogP contribution in [0.15, 0.2) is 53.4 Å². The van der Waals surface area contributed by atoms with Crippen molar-refractivity contribution in [1.82, 2.24) is 4.72 Å². The van der Waals surface area contributed by atoms with E-state index in [9.17, 15) is 23.3 Å². The molecule has 0 radical (unpaired) electrons. The van der Waals surface area contributed by atoms with E-state index in [0.717, 1.165) is 0 Å². The summed E-state index contributed by atoms with van der Waals surface area (Å²) in [6, 6.07) is 11.0. The van der Waals surface area contributed by atoms with E-state index < -0.39 is 27.4 Å².